The summed E-state index contributed by atoms with van der Waals surface area (Å²) in [5, 5.41) is 10.1. The molecule has 1 amide bonds. The average Bonchev–Trinajstić information content (AvgIpc) is 2.60. The first-order chi connectivity index (χ1) is 11.9. The van der Waals surface area contributed by atoms with E-state index < -0.39 is 10.0 Å². The van der Waals surface area contributed by atoms with Crippen molar-refractivity contribution >= 4 is 32.4 Å². The third-order valence-corrected chi connectivity index (χ3v) is 4.89. The molecule has 0 atom stereocenters. The van der Waals surface area contributed by atoms with E-state index in [4.69, 9.17) is 5.14 Å². The summed E-state index contributed by atoms with van der Waals surface area (Å²) in [4.78, 5) is 12.3. The number of aryl methyl sites for hydroxylation is 1. The maximum Gasteiger partial charge on any atom is 0.238 e. The predicted molar refractivity (Wildman–Crippen MR) is 98.7 cm³/mol. The minimum absolute atomic E-state index is 0.0662. The highest BCUT2D eigenvalue weighted by molar-refractivity contribution is 7.89. The van der Waals surface area contributed by atoms with E-state index in [0.29, 0.717) is 12.8 Å². The average molecular weight is 354 g/mol. The highest BCUT2D eigenvalue weighted by atomic mass is 32.2. The van der Waals surface area contributed by atoms with E-state index in [1.807, 2.05) is 42.5 Å². The van der Waals surface area contributed by atoms with Crippen molar-refractivity contribution in [1.82, 2.24) is 0 Å². The van der Waals surface area contributed by atoms with Gasteiger partial charge in [-0.3, -0.25) is 4.79 Å². The molecule has 0 spiro atoms. The molecule has 3 aromatic rings. The van der Waals surface area contributed by atoms with Crippen molar-refractivity contribution in [3.63, 3.8) is 0 Å². The van der Waals surface area contributed by atoms with Crippen molar-refractivity contribution in [3.05, 3.63) is 72.3 Å². The quantitative estimate of drug-likeness (QED) is 0.738. The number of hydrogen-bond donors (Lipinski definition) is 2. The van der Waals surface area contributed by atoms with E-state index in [2.05, 4.69) is 5.32 Å². The molecule has 0 radical (unpaired) electrons. The SMILES string of the molecule is NS(=O)(=O)c1ccc(CCC(=O)Nc2cccc3ccccc23)cc1. The van der Waals surface area contributed by atoms with Crippen LogP contribution < -0.4 is 10.5 Å². The molecule has 3 rings (SSSR count). The molecule has 3 N–H and O–H groups in total. The topological polar surface area (TPSA) is 89.3 Å². The Hall–Kier alpha value is -2.70. The lowest BCUT2D eigenvalue weighted by Crippen LogP contribution is -2.13. The number of carbonyl (C=O) groups excluding carboxylic acids is 1. The molecular weight excluding hydrogens is 336 g/mol. The second-order valence-electron chi connectivity index (χ2n) is 5.76. The lowest BCUT2D eigenvalue weighted by atomic mass is 10.1. The molecule has 0 aliphatic rings. The molecule has 0 bridgehead atoms. The zero-order valence-electron chi connectivity index (χ0n) is 13.5. The van der Waals surface area contributed by atoms with Crippen LogP contribution in [-0.4, -0.2) is 14.3 Å². The third kappa shape index (κ3) is 4.23. The lowest BCUT2D eigenvalue weighted by molar-refractivity contribution is -0.116. The summed E-state index contributed by atoms with van der Waals surface area (Å²) in [5.74, 6) is -0.0909. The molecule has 0 aliphatic heterocycles. The Morgan fingerprint density at radius 2 is 1.60 bits per heavy atom. The molecule has 6 heteroatoms. The van der Waals surface area contributed by atoms with Gasteiger partial charge in [0.25, 0.3) is 0 Å². The Morgan fingerprint density at radius 1 is 0.920 bits per heavy atom. The van der Waals surface area contributed by atoms with E-state index in [9.17, 15) is 13.2 Å². The molecule has 3 aromatic carbocycles. The van der Waals surface area contributed by atoms with Crippen LogP contribution in [0.3, 0.4) is 0 Å². The number of benzene rings is 3. The number of nitrogens with one attached hydrogen (secondary N) is 1. The van der Waals surface area contributed by atoms with Crippen molar-refractivity contribution in [2.45, 2.75) is 17.7 Å². The molecule has 0 heterocycles. The van der Waals surface area contributed by atoms with Crippen molar-refractivity contribution in [1.29, 1.82) is 0 Å². The van der Waals surface area contributed by atoms with Crippen LogP contribution in [0.25, 0.3) is 10.8 Å². The Bertz CT molecular complexity index is 1010. The maximum absolute atomic E-state index is 12.2. The predicted octanol–water partition coefficient (Wildman–Crippen LogP) is 3.06. The number of rotatable bonds is 5. The Labute approximate surface area is 146 Å². The number of primary sulfonamides is 1. The summed E-state index contributed by atoms with van der Waals surface area (Å²) in [5.41, 5.74) is 1.66. The molecule has 5 nitrogen and oxygen atoms in total. The molecule has 0 aliphatic carbocycles. The number of hydrogen-bond acceptors (Lipinski definition) is 3. The Kier molecular flexibility index (Phi) is 4.83. The van der Waals surface area contributed by atoms with Crippen molar-refractivity contribution < 1.29 is 13.2 Å². The molecule has 0 saturated carbocycles. The van der Waals surface area contributed by atoms with Crippen LogP contribution in [-0.2, 0) is 21.2 Å². The van der Waals surface area contributed by atoms with Gasteiger partial charge < -0.3 is 5.32 Å². The number of amides is 1. The lowest BCUT2D eigenvalue weighted by Gasteiger charge is -2.09. The van der Waals surface area contributed by atoms with Gasteiger partial charge >= 0.3 is 0 Å². The first-order valence-corrected chi connectivity index (χ1v) is 9.37. The summed E-state index contributed by atoms with van der Waals surface area (Å²) >= 11 is 0. The zero-order valence-corrected chi connectivity index (χ0v) is 14.3. The zero-order chi connectivity index (χ0) is 17.9. The normalized spacial score (nSPS) is 11.4. The Balaban J connectivity index is 1.65. The van der Waals surface area contributed by atoms with Crippen LogP contribution >= 0.6 is 0 Å². The monoisotopic (exact) mass is 354 g/mol. The molecular formula is C19H18N2O3S. The van der Waals surface area contributed by atoms with Gasteiger partial charge in [0.1, 0.15) is 0 Å². The summed E-state index contributed by atoms with van der Waals surface area (Å²) < 4.78 is 22.5. The summed E-state index contributed by atoms with van der Waals surface area (Å²) in [7, 11) is -3.69. The maximum atomic E-state index is 12.2. The smallest absolute Gasteiger partial charge is 0.238 e. The van der Waals surface area contributed by atoms with Gasteiger partial charge in [-0.2, -0.15) is 0 Å². The van der Waals surface area contributed by atoms with Gasteiger partial charge in [-0.1, -0.05) is 48.5 Å². The van der Waals surface area contributed by atoms with E-state index in [1.54, 1.807) is 12.1 Å². The van der Waals surface area contributed by atoms with E-state index in [-0.39, 0.29) is 10.8 Å². The standard InChI is InChI=1S/C19H18N2O3S/c20-25(23,24)16-11-8-14(9-12-16)10-13-19(22)21-18-7-3-5-15-4-1-2-6-17(15)18/h1-9,11-12H,10,13H2,(H,21,22)(H2,20,23,24). The first kappa shape index (κ1) is 17.1. The fourth-order valence-corrected chi connectivity index (χ4v) is 3.17. The number of sulfonamides is 1. The van der Waals surface area contributed by atoms with Gasteiger partial charge in [0.05, 0.1) is 4.90 Å². The summed E-state index contributed by atoms with van der Waals surface area (Å²) in [6.45, 7) is 0. The number of fused-ring (bicyclic) bond motifs is 1. The number of nitrogens with two attached hydrogens (primary N) is 1. The second-order valence-corrected chi connectivity index (χ2v) is 7.33. The molecule has 25 heavy (non-hydrogen) atoms. The number of anilines is 1. The van der Waals surface area contributed by atoms with Crippen LogP contribution in [0.5, 0.6) is 0 Å². The van der Waals surface area contributed by atoms with Gasteiger partial charge in [-0.05, 0) is 35.6 Å². The van der Waals surface area contributed by atoms with E-state index in [0.717, 1.165) is 22.0 Å². The van der Waals surface area contributed by atoms with Crippen molar-refractivity contribution in [3.8, 4) is 0 Å². The summed E-state index contributed by atoms with van der Waals surface area (Å²) in [6, 6.07) is 19.9. The highest BCUT2D eigenvalue weighted by Gasteiger charge is 2.09. The second kappa shape index (κ2) is 7.04. The van der Waals surface area contributed by atoms with Crippen LogP contribution in [0.15, 0.2) is 71.6 Å². The summed E-state index contributed by atoms with van der Waals surface area (Å²) in [6.07, 6.45) is 0.819. The van der Waals surface area contributed by atoms with Gasteiger partial charge in [0.2, 0.25) is 15.9 Å². The van der Waals surface area contributed by atoms with Crippen LogP contribution in [0, 0.1) is 0 Å². The van der Waals surface area contributed by atoms with Crippen molar-refractivity contribution in [2.75, 3.05) is 5.32 Å². The highest BCUT2D eigenvalue weighted by Crippen LogP contribution is 2.23. The van der Waals surface area contributed by atoms with Gasteiger partial charge in [0.15, 0.2) is 0 Å². The van der Waals surface area contributed by atoms with Crippen LogP contribution in [0.1, 0.15) is 12.0 Å². The third-order valence-electron chi connectivity index (χ3n) is 3.96. The van der Waals surface area contributed by atoms with E-state index in [1.165, 1.54) is 12.1 Å². The van der Waals surface area contributed by atoms with Gasteiger partial charge in [-0.15, -0.1) is 0 Å². The van der Waals surface area contributed by atoms with Crippen molar-refractivity contribution in [2.24, 2.45) is 5.14 Å². The molecule has 0 aromatic heterocycles. The first-order valence-electron chi connectivity index (χ1n) is 7.83. The minimum atomic E-state index is -3.69. The molecule has 128 valence electrons. The molecule has 0 fully saturated rings. The minimum Gasteiger partial charge on any atom is -0.326 e. The van der Waals surface area contributed by atoms with Crippen LogP contribution in [0.4, 0.5) is 5.69 Å². The van der Waals surface area contributed by atoms with Crippen LogP contribution in [0.2, 0.25) is 0 Å². The Morgan fingerprint density at radius 3 is 2.32 bits per heavy atom. The van der Waals surface area contributed by atoms with Gasteiger partial charge in [-0.25, -0.2) is 13.6 Å². The fourth-order valence-electron chi connectivity index (χ4n) is 2.65. The molecule has 0 saturated heterocycles. The van der Waals surface area contributed by atoms with E-state index >= 15 is 0 Å². The van der Waals surface area contributed by atoms with Gasteiger partial charge in [0, 0.05) is 17.5 Å². The number of carbonyl (C=O) groups is 1. The largest absolute Gasteiger partial charge is 0.326 e. The molecule has 0 unspecified atom stereocenters. The fraction of sp³-hybridized carbons (Fsp3) is 0.105.